The quantitative estimate of drug-likeness (QED) is 0.129. The van der Waals surface area contributed by atoms with Crippen LogP contribution in [-0.2, 0) is 4.79 Å². The number of carbonyl (C=O) groups excluding carboxylic acids is 1. The fourth-order valence-electron chi connectivity index (χ4n) is 4.12. The standard InChI is InChI=1S/C29H49BrN2O2S/c1-5-6-7-8-9-10-11-12-13-14-15-16-17-18-19-31-29(35)32-28(33)22-34-27-20-24(4)26(30)21-25(27)23(2)3/h20-21,23H,5-19,22H2,1-4H3,(H2,31,32,33,35). The first-order chi connectivity index (χ1) is 16.8. The number of unbranched alkanes of at least 4 members (excludes halogenated alkanes) is 13. The number of hydrogen-bond donors (Lipinski definition) is 2. The molecular weight excluding hydrogens is 520 g/mol. The van der Waals surface area contributed by atoms with Crippen molar-refractivity contribution < 1.29 is 9.53 Å². The number of amides is 1. The predicted molar refractivity (Wildman–Crippen MR) is 158 cm³/mol. The van der Waals surface area contributed by atoms with Gasteiger partial charge in [0.05, 0.1) is 0 Å². The molecule has 0 bridgehead atoms. The molecule has 0 spiro atoms. The predicted octanol–water partition coefficient (Wildman–Crippen LogP) is 8.73. The molecule has 2 N–H and O–H groups in total. The minimum absolute atomic E-state index is 0.0541. The molecular formula is C29H49BrN2O2S. The molecule has 0 aliphatic rings. The number of benzene rings is 1. The van der Waals surface area contributed by atoms with E-state index in [1.807, 2.05) is 13.0 Å². The van der Waals surface area contributed by atoms with Crippen LogP contribution in [-0.4, -0.2) is 24.2 Å². The van der Waals surface area contributed by atoms with E-state index >= 15 is 0 Å². The molecule has 1 aromatic rings. The van der Waals surface area contributed by atoms with Crippen LogP contribution in [0.3, 0.4) is 0 Å². The molecule has 35 heavy (non-hydrogen) atoms. The minimum Gasteiger partial charge on any atom is -0.483 e. The van der Waals surface area contributed by atoms with E-state index in [0.29, 0.717) is 11.0 Å². The van der Waals surface area contributed by atoms with Crippen molar-refractivity contribution in [2.24, 2.45) is 0 Å². The van der Waals surface area contributed by atoms with Crippen molar-refractivity contribution in [1.29, 1.82) is 0 Å². The summed E-state index contributed by atoms with van der Waals surface area (Å²) in [5.41, 5.74) is 2.16. The van der Waals surface area contributed by atoms with Crippen LogP contribution in [0.25, 0.3) is 0 Å². The molecule has 200 valence electrons. The van der Waals surface area contributed by atoms with Gasteiger partial charge in [-0.2, -0.15) is 0 Å². The van der Waals surface area contributed by atoms with Crippen LogP contribution in [0.5, 0.6) is 5.75 Å². The maximum atomic E-state index is 12.2. The molecule has 0 atom stereocenters. The minimum atomic E-state index is -0.237. The highest BCUT2D eigenvalue weighted by Crippen LogP contribution is 2.32. The summed E-state index contributed by atoms with van der Waals surface area (Å²) in [6.45, 7) is 9.25. The van der Waals surface area contributed by atoms with Crippen LogP contribution in [0.4, 0.5) is 0 Å². The summed E-state index contributed by atoms with van der Waals surface area (Å²) in [7, 11) is 0. The van der Waals surface area contributed by atoms with Crippen molar-refractivity contribution in [1.82, 2.24) is 10.6 Å². The van der Waals surface area contributed by atoms with E-state index in [1.54, 1.807) is 0 Å². The maximum absolute atomic E-state index is 12.2. The molecule has 1 aromatic carbocycles. The van der Waals surface area contributed by atoms with Crippen LogP contribution in [0, 0.1) is 6.92 Å². The lowest BCUT2D eigenvalue weighted by atomic mass is 10.0. The van der Waals surface area contributed by atoms with Gasteiger partial charge in [-0.05, 0) is 54.7 Å². The van der Waals surface area contributed by atoms with E-state index in [2.05, 4.69) is 53.4 Å². The number of ether oxygens (including phenoxy) is 1. The fourth-order valence-corrected chi connectivity index (χ4v) is 4.70. The Hall–Kier alpha value is -1.14. The zero-order valence-corrected chi connectivity index (χ0v) is 25.1. The monoisotopic (exact) mass is 568 g/mol. The van der Waals surface area contributed by atoms with Gasteiger partial charge in [0.2, 0.25) is 0 Å². The number of halogens is 1. The normalized spacial score (nSPS) is 11.0. The molecule has 0 heterocycles. The van der Waals surface area contributed by atoms with Crippen molar-refractivity contribution in [2.45, 2.75) is 124 Å². The summed E-state index contributed by atoms with van der Waals surface area (Å²) in [6, 6.07) is 4.04. The topological polar surface area (TPSA) is 50.4 Å². The molecule has 6 heteroatoms. The number of rotatable bonds is 19. The number of nitrogens with one attached hydrogen (secondary N) is 2. The Kier molecular flexibility index (Phi) is 18.2. The summed E-state index contributed by atoms with van der Waals surface area (Å²) in [5.74, 6) is 0.814. The molecule has 1 rings (SSSR count). The second-order valence-corrected chi connectivity index (χ2v) is 11.2. The first-order valence-corrected chi connectivity index (χ1v) is 15.1. The summed E-state index contributed by atoms with van der Waals surface area (Å²) in [6.07, 6.45) is 18.8. The maximum Gasteiger partial charge on any atom is 0.264 e. The molecule has 0 aromatic heterocycles. The summed E-state index contributed by atoms with van der Waals surface area (Å²) in [5, 5.41) is 6.24. The van der Waals surface area contributed by atoms with Crippen molar-refractivity contribution in [3.05, 3.63) is 27.7 Å². The van der Waals surface area contributed by atoms with Gasteiger partial charge in [-0.3, -0.25) is 4.79 Å². The summed E-state index contributed by atoms with van der Waals surface area (Å²) >= 11 is 8.83. The molecule has 0 radical (unpaired) electrons. The Bertz CT molecular complexity index is 740. The van der Waals surface area contributed by atoms with Gasteiger partial charge in [0.15, 0.2) is 11.7 Å². The van der Waals surface area contributed by atoms with Crippen molar-refractivity contribution in [3.8, 4) is 5.75 Å². The molecule has 0 saturated carbocycles. The summed E-state index contributed by atoms with van der Waals surface area (Å²) in [4.78, 5) is 12.2. The van der Waals surface area contributed by atoms with E-state index in [0.717, 1.165) is 34.3 Å². The first kappa shape index (κ1) is 31.9. The van der Waals surface area contributed by atoms with Crippen LogP contribution < -0.4 is 15.4 Å². The van der Waals surface area contributed by atoms with Crippen LogP contribution in [0.2, 0.25) is 0 Å². The highest BCUT2D eigenvalue weighted by Gasteiger charge is 2.13. The molecule has 0 fully saturated rings. The molecule has 1 amide bonds. The smallest absolute Gasteiger partial charge is 0.264 e. The van der Waals surface area contributed by atoms with Gasteiger partial charge in [0.25, 0.3) is 5.91 Å². The fraction of sp³-hybridized carbons (Fsp3) is 0.724. The van der Waals surface area contributed by atoms with Crippen molar-refractivity contribution >= 4 is 39.2 Å². The first-order valence-electron chi connectivity index (χ1n) is 13.9. The number of aryl methyl sites for hydroxylation is 1. The number of carbonyl (C=O) groups is 1. The van der Waals surface area contributed by atoms with E-state index in [1.165, 1.54) is 83.5 Å². The Balaban J connectivity index is 2.03. The SMILES string of the molecule is CCCCCCCCCCCCCCCCNC(=S)NC(=O)COc1cc(C)c(Br)cc1C(C)C. The highest BCUT2D eigenvalue weighted by molar-refractivity contribution is 9.10. The summed E-state index contributed by atoms with van der Waals surface area (Å²) < 4.78 is 6.86. The Morgan fingerprint density at radius 2 is 1.43 bits per heavy atom. The molecule has 0 unspecified atom stereocenters. The lowest BCUT2D eigenvalue weighted by molar-refractivity contribution is -0.121. The number of hydrogen-bond acceptors (Lipinski definition) is 3. The number of thiocarbonyl (C=S) groups is 1. The Morgan fingerprint density at radius 3 is 1.94 bits per heavy atom. The molecule has 0 aliphatic heterocycles. The lowest BCUT2D eigenvalue weighted by Gasteiger charge is -2.16. The van der Waals surface area contributed by atoms with Gasteiger partial charge in [-0.1, -0.05) is 120 Å². The van der Waals surface area contributed by atoms with E-state index in [-0.39, 0.29) is 12.5 Å². The van der Waals surface area contributed by atoms with Gasteiger partial charge in [0, 0.05) is 11.0 Å². The average molecular weight is 570 g/mol. The average Bonchev–Trinajstić information content (AvgIpc) is 2.81. The van der Waals surface area contributed by atoms with E-state index < -0.39 is 0 Å². The van der Waals surface area contributed by atoms with Crippen molar-refractivity contribution in [2.75, 3.05) is 13.2 Å². The van der Waals surface area contributed by atoms with Gasteiger partial charge in [0.1, 0.15) is 5.75 Å². The second kappa shape index (κ2) is 20.0. The molecule has 0 aliphatic carbocycles. The highest BCUT2D eigenvalue weighted by atomic mass is 79.9. The van der Waals surface area contributed by atoms with E-state index in [4.69, 9.17) is 17.0 Å². The van der Waals surface area contributed by atoms with Gasteiger partial charge in [-0.15, -0.1) is 0 Å². The van der Waals surface area contributed by atoms with Crippen molar-refractivity contribution in [3.63, 3.8) is 0 Å². The zero-order valence-electron chi connectivity index (χ0n) is 22.6. The molecule has 4 nitrogen and oxygen atoms in total. The largest absolute Gasteiger partial charge is 0.483 e. The molecule has 0 saturated heterocycles. The third kappa shape index (κ3) is 15.6. The van der Waals surface area contributed by atoms with Gasteiger partial charge in [-0.25, -0.2) is 0 Å². The zero-order chi connectivity index (χ0) is 25.9. The van der Waals surface area contributed by atoms with E-state index in [9.17, 15) is 4.79 Å². The lowest BCUT2D eigenvalue weighted by Crippen LogP contribution is -2.41. The third-order valence-corrected chi connectivity index (χ3v) is 7.44. The van der Waals surface area contributed by atoms with Crippen LogP contribution >= 0.6 is 28.1 Å². The third-order valence-electron chi connectivity index (χ3n) is 6.34. The Morgan fingerprint density at radius 1 is 0.914 bits per heavy atom. The van der Waals surface area contributed by atoms with Crippen LogP contribution in [0.1, 0.15) is 128 Å². The van der Waals surface area contributed by atoms with Crippen LogP contribution in [0.15, 0.2) is 16.6 Å². The Labute approximate surface area is 228 Å². The second-order valence-electron chi connectivity index (χ2n) is 9.98. The van der Waals surface area contributed by atoms with Gasteiger partial charge >= 0.3 is 0 Å². The van der Waals surface area contributed by atoms with Gasteiger partial charge < -0.3 is 15.4 Å².